The predicted molar refractivity (Wildman–Crippen MR) is 175 cm³/mol. The quantitative estimate of drug-likeness (QED) is 0.280. The third kappa shape index (κ3) is 6.80. The number of dihydropyridines is 1. The Labute approximate surface area is 253 Å². The van der Waals surface area contributed by atoms with Crippen molar-refractivity contribution in [3.63, 3.8) is 0 Å². The largest absolute Gasteiger partial charge is 0.497 e. The molecule has 2 aromatic carbocycles. The van der Waals surface area contributed by atoms with E-state index < -0.39 is 11.2 Å². The fraction of sp³-hybridized carbons (Fsp3) is 0.471. The average molecular weight is 588 g/mol. The first-order chi connectivity index (χ1) is 20.2. The van der Waals surface area contributed by atoms with E-state index >= 15 is 0 Å². The lowest BCUT2D eigenvalue weighted by atomic mass is 9.77. The van der Waals surface area contributed by atoms with Crippen LogP contribution in [0.3, 0.4) is 0 Å². The van der Waals surface area contributed by atoms with Gasteiger partial charge in [-0.05, 0) is 131 Å². The van der Waals surface area contributed by atoms with E-state index in [0.29, 0.717) is 17.6 Å². The van der Waals surface area contributed by atoms with Crippen LogP contribution in [-0.4, -0.2) is 29.5 Å². The maximum Gasteiger partial charge on any atom is 0.269 e. The number of benzene rings is 2. The number of anilines is 1. The number of amidine groups is 2. The summed E-state index contributed by atoms with van der Waals surface area (Å²) in [5.74, 6) is 3.69. The summed E-state index contributed by atoms with van der Waals surface area (Å²) in [6.45, 7) is 11.5. The summed E-state index contributed by atoms with van der Waals surface area (Å²) in [7, 11) is 1.73. The molecule has 2 aliphatic heterocycles. The zero-order valence-corrected chi connectivity index (χ0v) is 26.7. The minimum Gasteiger partial charge on any atom is -0.497 e. The summed E-state index contributed by atoms with van der Waals surface area (Å²) in [6.07, 6.45) is 7.22. The minimum absolute atomic E-state index is 0.226. The molecule has 0 spiro atoms. The Hall–Kier alpha value is -3.39. The molecule has 7 nitrogen and oxygen atoms in total. The molecule has 5 rings (SSSR count). The van der Waals surface area contributed by atoms with Crippen molar-refractivity contribution in [3.05, 3.63) is 81.7 Å². The summed E-state index contributed by atoms with van der Waals surface area (Å²) in [4.78, 5) is 0. The molecule has 1 fully saturated rings. The average Bonchev–Trinajstić information content (AvgIpc) is 3.34. The number of allylic oxidation sites excluding steroid dienone is 4. The van der Waals surface area contributed by atoms with Crippen LogP contribution >= 0.6 is 0 Å². The van der Waals surface area contributed by atoms with Crippen LogP contribution in [0.1, 0.15) is 94.7 Å². The van der Waals surface area contributed by atoms with E-state index in [1.807, 2.05) is 6.07 Å². The highest BCUT2D eigenvalue weighted by atomic mass is 32.2. The summed E-state index contributed by atoms with van der Waals surface area (Å²) in [5, 5.41) is 10.4. The predicted octanol–water partition coefficient (Wildman–Crippen LogP) is 7.42. The van der Waals surface area contributed by atoms with Crippen LogP contribution in [0.25, 0.3) is 0 Å². The van der Waals surface area contributed by atoms with Gasteiger partial charge in [0.25, 0.3) is 11.2 Å². The van der Waals surface area contributed by atoms with Gasteiger partial charge >= 0.3 is 0 Å². The maximum atomic E-state index is 12.3. The Bertz CT molecular complexity index is 1440. The number of ether oxygens (including phenoxy) is 1. The van der Waals surface area contributed by atoms with Crippen LogP contribution in [0, 0.1) is 12.8 Å². The van der Waals surface area contributed by atoms with Crippen LogP contribution in [0.2, 0.25) is 0 Å². The fourth-order valence-electron chi connectivity index (χ4n) is 6.56. The van der Waals surface area contributed by atoms with Gasteiger partial charge in [0.05, 0.1) is 7.11 Å². The number of nitrogens with zero attached hydrogens (tertiary/aromatic N) is 2. The Morgan fingerprint density at radius 1 is 0.905 bits per heavy atom. The van der Waals surface area contributed by atoms with Crippen LogP contribution < -0.4 is 20.7 Å². The molecule has 3 aliphatic rings. The molecule has 0 aromatic heterocycles. The molecule has 1 saturated carbocycles. The normalized spacial score (nSPS) is 23.0. The summed E-state index contributed by atoms with van der Waals surface area (Å²) in [6, 6.07) is 15.1. The van der Waals surface area contributed by atoms with Crippen LogP contribution in [0.15, 0.2) is 73.8 Å². The van der Waals surface area contributed by atoms with Gasteiger partial charge in [-0.3, -0.25) is 0 Å². The summed E-state index contributed by atoms with van der Waals surface area (Å²) < 4.78 is 26.3. The Morgan fingerprint density at radius 2 is 1.62 bits per heavy atom. The van der Waals surface area contributed by atoms with Crippen LogP contribution in [0.4, 0.5) is 5.69 Å². The van der Waals surface area contributed by atoms with Crippen molar-refractivity contribution in [2.75, 3.05) is 19.0 Å². The molecule has 224 valence electrons. The zero-order valence-electron chi connectivity index (χ0n) is 25.8. The molecule has 0 saturated heterocycles. The second-order valence-electron chi connectivity index (χ2n) is 12.0. The van der Waals surface area contributed by atoms with E-state index in [9.17, 15) is 4.21 Å². The van der Waals surface area contributed by atoms with E-state index in [0.717, 1.165) is 35.9 Å². The van der Waals surface area contributed by atoms with Crippen LogP contribution in [-0.2, 0) is 11.2 Å². The highest BCUT2D eigenvalue weighted by Crippen LogP contribution is 2.39. The number of nitrogens with one attached hydrogen (secondary N) is 3. The first-order valence-electron chi connectivity index (χ1n) is 15.2. The van der Waals surface area contributed by atoms with E-state index in [2.05, 4.69) is 95.8 Å². The van der Waals surface area contributed by atoms with Gasteiger partial charge in [-0.2, -0.15) is 0 Å². The molecular formula is C34H45N5O2S. The molecule has 1 unspecified atom stereocenters. The molecule has 2 heterocycles. The van der Waals surface area contributed by atoms with Gasteiger partial charge in [0.2, 0.25) is 0 Å². The van der Waals surface area contributed by atoms with E-state index in [4.69, 9.17) is 4.74 Å². The first kappa shape index (κ1) is 30.1. The minimum atomic E-state index is -1.61. The lowest BCUT2D eigenvalue weighted by molar-refractivity contribution is 0.305. The number of rotatable bonds is 8. The summed E-state index contributed by atoms with van der Waals surface area (Å²) >= 11 is -1.61. The highest BCUT2D eigenvalue weighted by Gasteiger charge is 2.26. The fourth-order valence-corrected chi connectivity index (χ4v) is 7.19. The van der Waals surface area contributed by atoms with Crippen molar-refractivity contribution in [1.82, 2.24) is 10.6 Å². The lowest BCUT2D eigenvalue weighted by Crippen LogP contribution is -2.35. The monoisotopic (exact) mass is 587 g/mol. The van der Waals surface area contributed by atoms with Crippen molar-refractivity contribution in [2.45, 2.75) is 85.0 Å². The smallest absolute Gasteiger partial charge is 0.269 e. The maximum absolute atomic E-state index is 12.3. The second kappa shape index (κ2) is 13.3. The molecule has 2 aromatic rings. The van der Waals surface area contributed by atoms with Gasteiger partial charge < -0.3 is 20.7 Å². The number of aryl methyl sites for hydroxylation is 1. The van der Waals surface area contributed by atoms with Crippen molar-refractivity contribution in [3.8, 4) is 5.75 Å². The van der Waals surface area contributed by atoms with Crippen molar-refractivity contribution < 1.29 is 8.95 Å². The number of methoxy groups -OCH3 is 1. The first-order valence-corrected chi connectivity index (χ1v) is 16.3. The molecule has 42 heavy (non-hydrogen) atoms. The van der Waals surface area contributed by atoms with Crippen molar-refractivity contribution in [2.24, 2.45) is 14.7 Å². The van der Waals surface area contributed by atoms with Gasteiger partial charge in [0.1, 0.15) is 5.75 Å². The van der Waals surface area contributed by atoms with Gasteiger partial charge in [-0.15, -0.1) is 8.80 Å². The topological polar surface area (TPSA) is 87.1 Å². The van der Waals surface area contributed by atoms with Crippen LogP contribution in [0.5, 0.6) is 5.75 Å². The van der Waals surface area contributed by atoms with E-state index in [1.165, 1.54) is 65.8 Å². The lowest BCUT2D eigenvalue weighted by Gasteiger charge is -2.30. The molecular weight excluding hydrogens is 542 g/mol. The molecule has 8 heteroatoms. The van der Waals surface area contributed by atoms with Gasteiger partial charge in [0.15, 0.2) is 11.7 Å². The van der Waals surface area contributed by atoms with Crippen molar-refractivity contribution in [1.29, 1.82) is 0 Å². The molecule has 3 N–H and O–H groups in total. The zero-order chi connectivity index (χ0) is 29.8. The van der Waals surface area contributed by atoms with E-state index in [1.54, 1.807) is 7.11 Å². The summed E-state index contributed by atoms with van der Waals surface area (Å²) in [5.41, 5.74) is 9.76. The third-order valence-corrected chi connectivity index (χ3v) is 10.0. The highest BCUT2D eigenvalue weighted by molar-refractivity contribution is 7.83. The van der Waals surface area contributed by atoms with E-state index in [-0.39, 0.29) is 5.92 Å². The molecule has 0 amide bonds. The molecule has 0 bridgehead atoms. The molecule has 0 radical (unpaired) electrons. The van der Waals surface area contributed by atoms with Crippen molar-refractivity contribution >= 4 is 28.5 Å². The Balaban J connectivity index is 1.14. The standard InChI is InChI=1S/C34H45N5O2S/c1-21-12-15-29(32-22(2)24(4)36-25(5)23(32)3)20-31(21)37-34-33(38-42(40)39-34)35-18-8-9-26-13-16-27(17-14-26)28-10-7-11-30(19-28)41-6/h7,10-12,15,19-20,26-27,32,36H,8-9,13-14,16-18H2,1-6H3,(H,35,38)(H,37,39). The third-order valence-electron chi connectivity index (χ3n) is 9.33. The molecule has 1 aliphatic carbocycles. The van der Waals surface area contributed by atoms with Gasteiger partial charge in [-0.25, -0.2) is 4.21 Å². The second-order valence-corrected chi connectivity index (χ2v) is 12.9. The SMILES string of the molecule is COc1cccc(C2CCC(CCCNC3=NS(=O)N=C3Nc3cc(C4C(C)=C(C)NC(C)=C4C)ccc3C)CC2)c1. The number of hydrogen-bond acceptors (Lipinski definition) is 5. The Kier molecular flexibility index (Phi) is 9.51. The van der Waals surface area contributed by atoms with Gasteiger partial charge in [0, 0.05) is 29.5 Å². The van der Waals surface area contributed by atoms with Gasteiger partial charge in [-0.1, -0.05) is 24.3 Å². The molecule has 1 atom stereocenters. The number of hydrogen-bond donors (Lipinski definition) is 3. The Morgan fingerprint density at radius 3 is 2.33 bits per heavy atom.